The first-order chi connectivity index (χ1) is 8.09. The van der Waals surface area contributed by atoms with Crippen LogP contribution in [0.2, 0.25) is 0 Å². The summed E-state index contributed by atoms with van der Waals surface area (Å²) in [7, 11) is 1.89. The van der Waals surface area contributed by atoms with Gasteiger partial charge in [-0.2, -0.15) is 5.10 Å². The van der Waals surface area contributed by atoms with Crippen molar-refractivity contribution in [2.75, 3.05) is 6.54 Å². The van der Waals surface area contributed by atoms with Gasteiger partial charge in [-0.1, -0.05) is 6.42 Å². The SMILES string of the molecule is Cc1nn(C)c(C)c1C(=O)CC1CCCCN1. The fraction of sp³-hybridized carbons (Fsp3) is 0.692. The lowest BCUT2D eigenvalue weighted by Crippen LogP contribution is -2.35. The molecule has 4 nitrogen and oxygen atoms in total. The van der Waals surface area contributed by atoms with Crippen molar-refractivity contribution in [1.29, 1.82) is 0 Å². The Morgan fingerprint density at radius 1 is 1.47 bits per heavy atom. The standard InChI is InChI=1S/C13H21N3O/c1-9-13(10(2)16(3)15-9)12(17)8-11-6-4-5-7-14-11/h11,14H,4-8H2,1-3H3. The van der Waals surface area contributed by atoms with Crippen molar-refractivity contribution >= 4 is 5.78 Å². The van der Waals surface area contributed by atoms with Gasteiger partial charge in [-0.05, 0) is 33.2 Å². The number of aryl methyl sites for hydroxylation is 2. The molecular weight excluding hydrogens is 214 g/mol. The number of carbonyl (C=O) groups excluding carboxylic acids is 1. The summed E-state index contributed by atoms with van der Waals surface area (Å²) < 4.78 is 1.79. The van der Waals surface area contributed by atoms with E-state index < -0.39 is 0 Å². The second-order valence-corrected chi connectivity index (χ2v) is 4.94. The Labute approximate surface area is 102 Å². The molecule has 0 aliphatic carbocycles. The van der Waals surface area contributed by atoms with Crippen molar-refractivity contribution in [2.45, 2.75) is 45.6 Å². The van der Waals surface area contributed by atoms with E-state index in [1.54, 1.807) is 4.68 Å². The van der Waals surface area contributed by atoms with E-state index in [1.165, 1.54) is 12.8 Å². The Balaban J connectivity index is 2.08. The molecule has 0 bridgehead atoms. The number of nitrogens with one attached hydrogen (secondary N) is 1. The maximum Gasteiger partial charge on any atom is 0.168 e. The zero-order valence-electron chi connectivity index (χ0n) is 10.9. The molecule has 0 amide bonds. The lowest BCUT2D eigenvalue weighted by Gasteiger charge is -2.22. The van der Waals surface area contributed by atoms with Crippen LogP contribution in [0.25, 0.3) is 0 Å². The molecule has 2 rings (SSSR count). The summed E-state index contributed by atoms with van der Waals surface area (Å²) in [6.45, 7) is 4.92. The number of hydrogen-bond acceptors (Lipinski definition) is 3. The van der Waals surface area contributed by atoms with Crippen LogP contribution in [-0.2, 0) is 7.05 Å². The van der Waals surface area contributed by atoms with Gasteiger partial charge < -0.3 is 5.32 Å². The normalized spacial score (nSPS) is 20.5. The van der Waals surface area contributed by atoms with Crippen LogP contribution < -0.4 is 5.32 Å². The quantitative estimate of drug-likeness (QED) is 0.812. The molecule has 1 fully saturated rings. The van der Waals surface area contributed by atoms with Crippen molar-refractivity contribution in [1.82, 2.24) is 15.1 Å². The lowest BCUT2D eigenvalue weighted by atomic mass is 9.96. The van der Waals surface area contributed by atoms with Crippen LogP contribution in [0.15, 0.2) is 0 Å². The summed E-state index contributed by atoms with van der Waals surface area (Å²) in [6.07, 6.45) is 4.18. The lowest BCUT2D eigenvalue weighted by molar-refractivity contribution is 0.0962. The monoisotopic (exact) mass is 235 g/mol. The molecule has 17 heavy (non-hydrogen) atoms. The molecule has 1 unspecified atom stereocenters. The Hall–Kier alpha value is -1.16. The molecule has 1 atom stereocenters. The molecule has 1 aromatic rings. The van der Waals surface area contributed by atoms with Gasteiger partial charge in [0.2, 0.25) is 0 Å². The van der Waals surface area contributed by atoms with E-state index >= 15 is 0 Å². The number of piperidine rings is 1. The average molecular weight is 235 g/mol. The van der Waals surface area contributed by atoms with E-state index in [1.807, 2.05) is 20.9 Å². The van der Waals surface area contributed by atoms with Gasteiger partial charge in [0.1, 0.15) is 0 Å². The molecule has 0 saturated carbocycles. The second-order valence-electron chi connectivity index (χ2n) is 4.94. The molecule has 2 heterocycles. The summed E-state index contributed by atoms with van der Waals surface area (Å²) in [4.78, 5) is 12.3. The second kappa shape index (κ2) is 5.00. The number of hydrogen-bond donors (Lipinski definition) is 1. The van der Waals surface area contributed by atoms with Gasteiger partial charge in [0.05, 0.1) is 11.3 Å². The van der Waals surface area contributed by atoms with Crippen LogP contribution in [-0.4, -0.2) is 28.2 Å². The molecule has 1 N–H and O–H groups in total. The largest absolute Gasteiger partial charge is 0.314 e. The van der Waals surface area contributed by atoms with E-state index in [2.05, 4.69) is 10.4 Å². The highest BCUT2D eigenvalue weighted by molar-refractivity contribution is 5.98. The summed E-state index contributed by atoms with van der Waals surface area (Å²) in [6, 6.07) is 0.357. The molecule has 0 radical (unpaired) electrons. The third-order valence-electron chi connectivity index (χ3n) is 3.63. The fourth-order valence-corrected chi connectivity index (χ4v) is 2.60. The number of Topliss-reactive ketones (excluding diaryl/α,β-unsaturated/α-hetero) is 1. The molecule has 0 spiro atoms. The number of ketones is 1. The van der Waals surface area contributed by atoms with Gasteiger partial charge >= 0.3 is 0 Å². The maximum absolute atomic E-state index is 12.3. The minimum Gasteiger partial charge on any atom is -0.314 e. The van der Waals surface area contributed by atoms with Gasteiger partial charge in [-0.3, -0.25) is 9.48 Å². The first-order valence-corrected chi connectivity index (χ1v) is 6.36. The third-order valence-corrected chi connectivity index (χ3v) is 3.63. The summed E-state index contributed by atoms with van der Waals surface area (Å²) >= 11 is 0. The average Bonchev–Trinajstić information content (AvgIpc) is 2.54. The highest BCUT2D eigenvalue weighted by Gasteiger charge is 2.22. The number of aromatic nitrogens is 2. The van der Waals surface area contributed by atoms with Crippen molar-refractivity contribution in [3.8, 4) is 0 Å². The van der Waals surface area contributed by atoms with Gasteiger partial charge in [0.15, 0.2) is 5.78 Å². The van der Waals surface area contributed by atoms with Crippen molar-refractivity contribution in [3.63, 3.8) is 0 Å². The predicted octanol–water partition coefficient (Wildman–Crippen LogP) is 1.75. The van der Waals surface area contributed by atoms with E-state index in [-0.39, 0.29) is 5.78 Å². The highest BCUT2D eigenvalue weighted by atomic mass is 16.1. The Bertz CT molecular complexity index is 417. The van der Waals surface area contributed by atoms with Gasteiger partial charge in [-0.15, -0.1) is 0 Å². The van der Waals surface area contributed by atoms with E-state index in [9.17, 15) is 4.79 Å². The highest BCUT2D eigenvalue weighted by Crippen LogP contribution is 2.18. The van der Waals surface area contributed by atoms with E-state index in [0.29, 0.717) is 12.5 Å². The molecule has 1 saturated heterocycles. The minimum absolute atomic E-state index is 0.229. The van der Waals surface area contributed by atoms with Crippen LogP contribution in [0, 0.1) is 13.8 Å². The molecule has 1 aliphatic rings. The van der Waals surface area contributed by atoms with Gasteiger partial charge in [-0.25, -0.2) is 0 Å². The van der Waals surface area contributed by atoms with E-state index in [4.69, 9.17) is 0 Å². The minimum atomic E-state index is 0.229. The smallest absolute Gasteiger partial charge is 0.168 e. The number of rotatable bonds is 3. The predicted molar refractivity (Wildman–Crippen MR) is 67.3 cm³/mol. The molecule has 1 aromatic heterocycles. The molecular formula is C13H21N3O. The fourth-order valence-electron chi connectivity index (χ4n) is 2.60. The molecule has 4 heteroatoms. The Morgan fingerprint density at radius 3 is 2.76 bits per heavy atom. The Morgan fingerprint density at radius 2 is 2.24 bits per heavy atom. The molecule has 94 valence electrons. The maximum atomic E-state index is 12.3. The molecule has 0 aromatic carbocycles. The Kier molecular flexibility index (Phi) is 3.62. The van der Waals surface area contributed by atoms with Crippen molar-refractivity contribution in [3.05, 3.63) is 17.0 Å². The van der Waals surface area contributed by atoms with Crippen LogP contribution >= 0.6 is 0 Å². The first kappa shape index (κ1) is 12.3. The van der Waals surface area contributed by atoms with Crippen LogP contribution in [0.3, 0.4) is 0 Å². The zero-order valence-corrected chi connectivity index (χ0v) is 10.9. The van der Waals surface area contributed by atoms with Gasteiger partial charge in [0, 0.05) is 25.2 Å². The summed E-state index contributed by atoms with van der Waals surface area (Å²) in [5.41, 5.74) is 2.65. The summed E-state index contributed by atoms with van der Waals surface area (Å²) in [5, 5.41) is 7.72. The van der Waals surface area contributed by atoms with Crippen LogP contribution in [0.4, 0.5) is 0 Å². The summed E-state index contributed by atoms with van der Waals surface area (Å²) in [5.74, 6) is 0.229. The molecule has 1 aliphatic heterocycles. The van der Waals surface area contributed by atoms with Crippen molar-refractivity contribution < 1.29 is 4.79 Å². The van der Waals surface area contributed by atoms with E-state index in [0.717, 1.165) is 29.9 Å². The number of nitrogens with zero attached hydrogens (tertiary/aromatic N) is 2. The van der Waals surface area contributed by atoms with Crippen LogP contribution in [0.1, 0.15) is 47.4 Å². The first-order valence-electron chi connectivity index (χ1n) is 6.36. The van der Waals surface area contributed by atoms with Crippen molar-refractivity contribution in [2.24, 2.45) is 7.05 Å². The zero-order chi connectivity index (χ0) is 12.4. The number of carbonyl (C=O) groups is 1. The van der Waals surface area contributed by atoms with Gasteiger partial charge in [0.25, 0.3) is 0 Å². The topological polar surface area (TPSA) is 46.9 Å². The third kappa shape index (κ3) is 2.57. The van der Waals surface area contributed by atoms with Crippen LogP contribution in [0.5, 0.6) is 0 Å².